The molecule has 3 N–H and O–H groups in total. The lowest BCUT2D eigenvalue weighted by atomic mass is 10.2. The maximum absolute atomic E-state index is 9.19. The Morgan fingerprint density at radius 2 is 1.92 bits per heavy atom. The van der Waals surface area contributed by atoms with Gasteiger partial charge in [-0.15, -0.1) is 5.10 Å². The molecule has 0 aliphatic carbocycles. The molecule has 3 heterocycles. The minimum absolute atomic E-state index is 0.273. The second kappa shape index (κ2) is 6.83. The van der Waals surface area contributed by atoms with Crippen LogP contribution < -0.4 is 5.73 Å². The quantitative estimate of drug-likeness (QED) is 0.470. The van der Waals surface area contributed by atoms with Crippen molar-refractivity contribution in [1.82, 2.24) is 24.6 Å². The van der Waals surface area contributed by atoms with E-state index in [-0.39, 0.29) is 5.95 Å². The van der Waals surface area contributed by atoms with E-state index in [1.807, 2.05) is 24.3 Å². The molecule has 0 saturated heterocycles. The number of nitrogen functional groups attached to an aromatic ring is 1. The number of nitrogens with zero attached hydrogens (tertiary/aromatic N) is 5. The van der Waals surface area contributed by atoms with E-state index in [1.54, 1.807) is 18.3 Å². The first kappa shape index (κ1) is 18.0. The SMILES string of the molecule is CS(=O)(=O)O.Nc1nc2ccc(Cl)cc2c2nc(-c3ccccn3)nn12. The highest BCUT2D eigenvalue weighted by Gasteiger charge is 2.13. The van der Waals surface area contributed by atoms with Crippen LogP contribution in [0.15, 0.2) is 42.6 Å². The van der Waals surface area contributed by atoms with E-state index in [4.69, 9.17) is 21.9 Å². The molecule has 0 saturated carbocycles. The van der Waals surface area contributed by atoms with Crippen LogP contribution in [0, 0.1) is 0 Å². The van der Waals surface area contributed by atoms with Gasteiger partial charge in [0.05, 0.1) is 11.8 Å². The average molecular weight is 393 g/mol. The molecule has 0 fully saturated rings. The van der Waals surface area contributed by atoms with Gasteiger partial charge in [-0.05, 0) is 30.3 Å². The standard InChI is InChI=1S/C14H9ClN6.CH4O3S/c15-8-4-5-10-9(7-8)13-19-12(11-3-1-2-6-17-11)20-21(13)14(16)18-10;1-5(2,3)4/h1-7H,(H2,16,18);1H3,(H,2,3,4). The Morgan fingerprint density at radius 3 is 2.58 bits per heavy atom. The zero-order chi connectivity index (χ0) is 18.9. The Morgan fingerprint density at radius 1 is 1.19 bits per heavy atom. The summed E-state index contributed by atoms with van der Waals surface area (Å²) < 4.78 is 27.4. The lowest BCUT2D eigenvalue weighted by Gasteiger charge is -2.02. The Hall–Kier alpha value is -2.82. The van der Waals surface area contributed by atoms with Crippen LogP contribution in [0.3, 0.4) is 0 Å². The van der Waals surface area contributed by atoms with E-state index >= 15 is 0 Å². The highest BCUT2D eigenvalue weighted by molar-refractivity contribution is 7.85. The number of hydrogen-bond acceptors (Lipinski definition) is 7. The van der Waals surface area contributed by atoms with Crippen LogP contribution in [-0.4, -0.2) is 43.8 Å². The number of benzene rings is 1. The van der Waals surface area contributed by atoms with Crippen molar-refractivity contribution in [2.24, 2.45) is 0 Å². The average Bonchev–Trinajstić information content (AvgIpc) is 3.01. The zero-order valence-corrected chi connectivity index (χ0v) is 15.0. The maximum Gasteiger partial charge on any atom is 0.261 e. The van der Waals surface area contributed by atoms with Crippen molar-refractivity contribution in [3.05, 3.63) is 47.6 Å². The first-order valence-corrected chi connectivity index (χ1v) is 9.40. The van der Waals surface area contributed by atoms with Gasteiger partial charge in [-0.1, -0.05) is 17.7 Å². The number of fused-ring (bicyclic) bond motifs is 3. The highest BCUT2D eigenvalue weighted by Crippen LogP contribution is 2.24. The third kappa shape index (κ3) is 4.04. The molecule has 0 unspecified atom stereocenters. The maximum atomic E-state index is 9.19. The molecule has 1 aromatic carbocycles. The first-order chi connectivity index (χ1) is 12.2. The van der Waals surface area contributed by atoms with E-state index in [9.17, 15) is 8.42 Å². The van der Waals surface area contributed by atoms with Crippen LogP contribution in [0.5, 0.6) is 0 Å². The van der Waals surface area contributed by atoms with E-state index < -0.39 is 10.1 Å². The molecule has 134 valence electrons. The van der Waals surface area contributed by atoms with Crippen LogP contribution >= 0.6 is 11.6 Å². The zero-order valence-electron chi connectivity index (χ0n) is 13.4. The fourth-order valence-electron chi connectivity index (χ4n) is 2.21. The van der Waals surface area contributed by atoms with Crippen molar-refractivity contribution in [2.45, 2.75) is 0 Å². The number of hydrogen-bond donors (Lipinski definition) is 2. The molecule has 0 amide bonds. The summed E-state index contributed by atoms with van der Waals surface area (Å²) in [7, 11) is -3.67. The monoisotopic (exact) mass is 392 g/mol. The third-order valence-corrected chi connectivity index (χ3v) is 3.39. The van der Waals surface area contributed by atoms with Gasteiger partial charge < -0.3 is 5.73 Å². The predicted molar refractivity (Wildman–Crippen MR) is 98.4 cm³/mol. The fraction of sp³-hybridized carbons (Fsp3) is 0.0667. The Kier molecular flexibility index (Phi) is 4.72. The Labute approximate surface area is 153 Å². The highest BCUT2D eigenvalue weighted by atomic mass is 35.5. The molecule has 0 aliphatic rings. The minimum atomic E-state index is -3.67. The summed E-state index contributed by atoms with van der Waals surface area (Å²) in [5.74, 6) is 0.770. The topological polar surface area (TPSA) is 136 Å². The van der Waals surface area contributed by atoms with Gasteiger partial charge in [0.2, 0.25) is 11.8 Å². The number of nitrogens with two attached hydrogens (primary N) is 1. The second-order valence-electron chi connectivity index (χ2n) is 5.25. The molecule has 11 heteroatoms. The molecule has 0 spiro atoms. The van der Waals surface area contributed by atoms with Crippen molar-refractivity contribution in [1.29, 1.82) is 0 Å². The van der Waals surface area contributed by atoms with Crippen LogP contribution in [0.1, 0.15) is 0 Å². The normalized spacial score (nSPS) is 11.3. The van der Waals surface area contributed by atoms with Gasteiger partial charge in [-0.2, -0.15) is 12.9 Å². The molecular weight excluding hydrogens is 380 g/mol. The number of aromatic nitrogens is 5. The van der Waals surface area contributed by atoms with Crippen LogP contribution in [0.4, 0.5) is 5.95 Å². The van der Waals surface area contributed by atoms with Crippen molar-refractivity contribution >= 4 is 44.2 Å². The van der Waals surface area contributed by atoms with Gasteiger partial charge >= 0.3 is 0 Å². The third-order valence-electron chi connectivity index (χ3n) is 3.15. The molecule has 9 nitrogen and oxygen atoms in total. The molecule has 4 aromatic rings. The summed E-state index contributed by atoms with van der Waals surface area (Å²) in [4.78, 5) is 13.1. The lowest BCUT2D eigenvalue weighted by molar-refractivity contribution is 0.490. The lowest BCUT2D eigenvalue weighted by Crippen LogP contribution is -2.02. The minimum Gasteiger partial charge on any atom is -0.368 e. The van der Waals surface area contributed by atoms with Crippen LogP contribution in [-0.2, 0) is 10.1 Å². The van der Waals surface area contributed by atoms with E-state index in [0.717, 1.165) is 10.9 Å². The molecule has 0 aliphatic heterocycles. The molecule has 0 radical (unpaired) electrons. The number of halogens is 1. The molecule has 4 rings (SSSR count). The Bertz CT molecular complexity index is 1190. The molecule has 26 heavy (non-hydrogen) atoms. The molecular formula is C15H13ClN6O3S. The van der Waals surface area contributed by atoms with E-state index in [1.165, 1.54) is 4.52 Å². The Balaban J connectivity index is 0.000000349. The summed E-state index contributed by atoms with van der Waals surface area (Å²) in [6.07, 6.45) is 2.41. The van der Waals surface area contributed by atoms with Gasteiger partial charge in [0.15, 0.2) is 5.65 Å². The van der Waals surface area contributed by atoms with Crippen LogP contribution in [0.2, 0.25) is 5.02 Å². The van der Waals surface area contributed by atoms with Gasteiger partial charge in [-0.25, -0.2) is 9.97 Å². The predicted octanol–water partition coefficient (Wildman–Crippen LogP) is 2.08. The van der Waals surface area contributed by atoms with Crippen molar-refractivity contribution in [2.75, 3.05) is 12.0 Å². The molecule has 0 atom stereocenters. The van der Waals surface area contributed by atoms with Crippen molar-refractivity contribution < 1.29 is 13.0 Å². The number of rotatable bonds is 1. The van der Waals surface area contributed by atoms with Crippen LogP contribution in [0.25, 0.3) is 28.1 Å². The summed E-state index contributed by atoms with van der Waals surface area (Å²) >= 11 is 6.05. The van der Waals surface area contributed by atoms with Gasteiger partial charge in [-0.3, -0.25) is 9.54 Å². The largest absolute Gasteiger partial charge is 0.368 e. The van der Waals surface area contributed by atoms with E-state index in [0.29, 0.717) is 28.4 Å². The van der Waals surface area contributed by atoms with Gasteiger partial charge in [0.25, 0.3) is 10.1 Å². The summed E-state index contributed by atoms with van der Waals surface area (Å²) in [5, 5.41) is 5.78. The van der Waals surface area contributed by atoms with Gasteiger partial charge in [0.1, 0.15) is 5.69 Å². The van der Waals surface area contributed by atoms with Crippen molar-refractivity contribution in [3.63, 3.8) is 0 Å². The second-order valence-corrected chi connectivity index (χ2v) is 7.15. The number of pyridine rings is 1. The summed E-state index contributed by atoms with van der Waals surface area (Å²) in [6, 6.07) is 10.9. The van der Waals surface area contributed by atoms with Crippen molar-refractivity contribution in [3.8, 4) is 11.5 Å². The number of anilines is 1. The summed E-state index contributed by atoms with van der Waals surface area (Å²) in [5.41, 5.74) is 7.96. The summed E-state index contributed by atoms with van der Waals surface area (Å²) in [6.45, 7) is 0. The van der Waals surface area contributed by atoms with Gasteiger partial charge in [0, 0.05) is 16.6 Å². The fourth-order valence-corrected chi connectivity index (χ4v) is 2.38. The molecule has 0 bridgehead atoms. The first-order valence-electron chi connectivity index (χ1n) is 7.18. The molecule has 3 aromatic heterocycles. The van der Waals surface area contributed by atoms with E-state index in [2.05, 4.69) is 20.1 Å². The smallest absolute Gasteiger partial charge is 0.261 e.